The van der Waals surface area contributed by atoms with Gasteiger partial charge in [0.2, 0.25) is 0 Å². The largest absolute Gasteiger partial charge is 0.393 e. The van der Waals surface area contributed by atoms with Crippen LogP contribution in [0.15, 0.2) is 65.5 Å². The van der Waals surface area contributed by atoms with Gasteiger partial charge in [-0.3, -0.25) is 4.79 Å². The Kier molecular flexibility index (Phi) is 3.36. The lowest BCUT2D eigenvalue weighted by molar-refractivity contribution is 0.693. The van der Waals surface area contributed by atoms with E-state index in [-0.39, 0.29) is 5.56 Å². The van der Waals surface area contributed by atoms with Gasteiger partial charge in [0.05, 0.1) is 17.1 Å². The molecule has 0 unspecified atom stereocenters. The highest BCUT2D eigenvalue weighted by atomic mass is 16.1. The van der Waals surface area contributed by atoms with E-state index in [0.717, 1.165) is 17.1 Å². The third-order valence-electron chi connectivity index (χ3n) is 3.53. The minimum absolute atomic E-state index is 0.179. The first-order valence-electron chi connectivity index (χ1n) is 6.97. The van der Waals surface area contributed by atoms with Gasteiger partial charge in [0.15, 0.2) is 0 Å². The molecule has 4 nitrogen and oxygen atoms in total. The molecule has 0 saturated heterocycles. The number of hydrogen-bond acceptors (Lipinski definition) is 2. The zero-order valence-corrected chi connectivity index (χ0v) is 11.9. The summed E-state index contributed by atoms with van der Waals surface area (Å²) in [5.41, 5.74) is 8.72. The molecule has 21 heavy (non-hydrogen) atoms. The van der Waals surface area contributed by atoms with Crippen LogP contribution in [-0.2, 0) is 6.42 Å². The first kappa shape index (κ1) is 13.2. The Balaban J connectivity index is 2.37. The van der Waals surface area contributed by atoms with Crippen molar-refractivity contribution in [3.63, 3.8) is 0 Å². The van der Waals surface area contributed by atoms with E-state index in [1.165, 1.54) is 0 Å². The molecule has 0 spiro atoms. The summed E-state index contributed by atoms with van der Waals surface area (Å²) in [5.74, 6) is 0. The van der Waals surface area contributed by atoms with Gasteiger partial charge in [0.25, 0.3) is 5.56 Å². The third kappa shape index (κ3) is 2.14. The van der Waals surface area contributed by atoms with Crippen LogP contribution in [0.3, 0.4) is 0 Å². The number of para-hydroxylation sites is 2. The summed E-state index contributed by atoms with van der Waals surface area (Å²) < 4.78 is 3.52. The van der Waals surface area contributed by atoms with Crippen LogP contribution in [0, 0.1) is 0 Å². The molecule has 1 heterocycles. The first-order valence-corrected chi connectivity index (χ1v) is 6.97. The van der Waals surface area contributed by atoms with Crippen molar-refractivity contribution in [3.05, 3.63) is 76.7 Å². The molecule has 4 heteroatoms. The molecule has 3 aromatic rings. The van der Waals surface area contributed by atoms with Crippen molar-refractivity contribution in [1.82, 2.24) is 9.36 Å². The van der Waals surface area contributed by atoms with E-state index in [4.69, 9.17) is 5.73 Å². The summed E-state index contributed by atoms with van der Waals surface area (Å²) in [6.45, 7) is 2.00. The van der Waals surface area contributed by atoms with E-state index in [1.54, 1.807) is 4.68 Å². The van der Waals surface area contributed by atoms with Gasteiger partial charge >= 0.3 is 0 Å². The molecule has 0 aliphatic rings. The van der Waals surface area contributed by atoms with Gasteiger partial charge in [-0.05, 0) is 30.7 Å². The molecule has 0 amide bonds. The highest BCUT2D eigenvalue weighted by molar-refractivity contribution is 5.50. The second kappa shape index (κ2) is 5.32. The highest BCUT2D eigenvalue weighted by Gasteiger charge is 2.18. The van der Waals surface area contributed by atoms with Gasteiger partial charge < -0.3 is 5.73 Å². The molecule has 2 N–H and O–H groups in total. The number of aromatic nitrogens is 2. The van der Waals surface area contributed by atoms with Crippen LogP contribution in [0.2, 0.25) is 0 Å². The first-order chi connectivity index (χ1) is 10.2. The zero-order chi connectivity index (χ0) is 14.8. The van der Waals surface area contributed by atoms with Crippen LogP contribution in [0.4, 0.5) is 5.69 Å². The average Bonchev–Trinajstić information content (AvgIpc) is 2.80. The minimum atomic E-state index is -0.179. The summed E-state index contributed by atoms with van der Waals surface area (Å²) in [7, 11) is 0. The van der Waals surface area contributed by atoms with Gasteiger partial charge in [0.1, 0.15) is 5.69 Å². The molecule has 0 aliphatic carbocycles. The van der Waals surface area contributed by atoms with Crippen molar-refractivity contribution < 1.29 is 0 Å². The Hall–Kier alpha value is -2.75. The Morgan fingerprint density at radius 2 is 1.33 bits per heavy atom. The Morgan fingerprint density at radius 3 is 1.81 bits per heavy atom. The van der Waals surface area contributed by atoms with Crippen molar-refractivity contribution in [2.45, 2.75) is 13.3 Å². The Morgan fingerprint density at radius 1 is 0.857 bits per heavy atom. The predicted octanol–water partition coefficient (Wildman–Crippen LogP) is 2.77. The maximum Gasteiger partial charge on any atom is 0.295 e. The summed E-state index contributed by atoms with van der Waals surface area (Å²) in [5, 5.41) is 0. The number of nitrogens with zero attached hydrogens (tertiary/aromatic N) is 2. The van der Waals surface area contributed by atoms with Crippen molar-refractivity contribution in [1.29, 1.82) is 0 Å². The molecule has 106 valence electrons. The maximum atomic E-state index is 12.6. The van der Waals surface area contributed by atoms with Crippen LogP contribution in [-0.4, -0.2) is 9.36 Å². The molecule has 0 saturated carbocycles. The van der Waals surface area contributed by atoms with Crippen LogP contribution < -0.4 is 11.3 Å². The van der Waals surface area contributed by atoms with E-state index in [0.29, 0.717) is 12.1 Å². The van der Waals surface area contributed by atoms with Crippen molar-refractivity contribution >= 4 is 5.69 Å². The summed E-state index contributed by atoms with van der Waals surface area (Å²) in [6, 6.07) is 19.3. The molecule has 0 atom stereocenters. The lowest BCUT2D eigenvalue weighted by atomic mass is 10.2. The summed E-state index contributed by atoms with van der Waals surface area (Å²) in [4.78, 5) is 12.6. The van der Waals surface area contributed by atoms with Crippen LogP contribution in [0.5, 0.6) is 0 Å². The van der Waals surface area contributed by atoms with Gasteiger partial charge in [-0.25, -0.2) is 9.36 Å². The second-order valence-corrected chi connectivity index (χ2v) is 4.81. The number of nitrogens with two attached hydrogens (primary N) is 1. The van der Waals surface area contributed by atoms with Crippen LogP contribution in [0.25, 0.3) is 11.4 Å². The summed E-state index contributed by atoms with van der Waals surface area (Å²) >= 11 is 0. The quantitative estimate of drug-likeness (QED) is 0.801. The molecular weight excluding hydrogens is 262 g/mol. The van der Waals surface area contributed by atoms with E-state index >= 15 is 0 Å². The fourth-order valence-corrected chi connectivity index (χ4v) is 2.55. The predicted molar refractivity (Wildman–Crippen MR) is 85.2 cm³/mol. The third-order valence-corrected chi connectivity index (χ3v) is 3.53. The molecular formula is C17H17N3O. The van der Waals surface area contributed by atoms with E-state index in [9.17, 15) is 4.79 Å². The van der Waals surface area contributed by atoms with E-state index in [1.807, 2.05) is 72.3 Å². The topological polar surface area (TPSA) is 53.0 Å². The fraction of sp³-hybridized carbons (Fsp3) is 0.118. The number of hydrogen-bond donors (Lipinski definition) is 1. The number of rotatable bonds is 3. The van der Waals surface area contributed by atoms with Crippen LogP contribution >= 0.6 is 0 Å². The monoisotopic (exact) mass is 279 g/mol. The molecule has 0 bridgehead atoms. The van der Waals surface area contributed by atoms with E-state index in [2.05, 4.69) is 0 Å². The van der Waals surface area contributed by atoms with Gasteiger partial charge in [-0.15, -0.1) is 0 Å². The molecule has 1 aromatic heterocycles. The van der Waals surface area contributed by atoms with Crippen molar-refractivity contribution in [2.24, 2.45) is 0 Å². The maximum absolute atomic E-state index is 12.6. The van der Waals surface area contributed by atoms with Crippen LogP contribution in [0.1, 0.15) is 12.6 Å². The average molecular weight is 279 g/mol. The molecule has 0 aliphatic heterocycles. The van der Waals surface area contributed by atoms with Gasteiger partial charge in [-0.1, -0.05) is 43.3 Å². The number of nitrogen functional groups attached to an aromatic ring is 1. The highest BCUT2D eigenvalue weighted by Crippen LogP contribution is 2.19. The van der Waals surface area contributed by atoms with Crippen molar-refractivity contribution in [2.75, 3.05) is 5.73 Å². The standard InChI is InChI=1S/C17H17N3O/c1-2-15-16(18)17(21)20(14-11-7-4-8-12-14)19(15)13-9-5-3-6-10-13/h3-12H,2,18H2,1H3. The fourth-order valence-electron chi connectivity index (χ4n) is 2.55. The number of benzene rings is 2. The molecule has 0 fully saturated rings. The summed E-state index contributed by atoms with van der Waals surface area (Å²) in [6.07, 6.45) is 0.690. The minimum Gasteiger partial charge on any atom is -0.393 e. The zero-order valence-electron chi connectivity index (χ0n) is 11.9. The Labute approximate surface area is 123 Å². The number of anilines is 1. The van der Waals surface area contributed by atoms with Gasteiger partial charge in [0, 0.05) is 0 Å². The Bertz CT molecular complexity index is 801. The SMILES string of the molecule is CCc1c(N)c(=O)n(-c2ccccc2)n1-c1ccccc1. The lowest BCUT2D eigenvalue weighted by Gasteiger charge is -2.14. The van der Waals surface area contributed by atoms with Crippen molar-refractivity contribution in [3.8, 4) is 11.4 Å². The smallest absolute Gasteiger partial charge is 0.295 e. The van der Waals surface area contributed by atoms with E-state index < -0.39 is 0 Å². The second-order valence-electron chi connectivity index (χ2n) is 4.81. The van der Waals surface area contributed by atoms with Gasteiger partial charge in [-0.2, -0.15) is 0 Å². The normalized spacial score (nSPS) is 10.7. The lowest BCUT2D eigenvalue weighted by Crippen LogP contribution is -2.21. The molecule has 0 radical (unpaired) electrons. The molecule has 2 aromatic carbocycles. The molecule has 3 rings (SSSR count).